The summed E-state index contributed by atoms with van der Waals surface area (Å²) in [5.74, 6) is -3.31. The number of carbonyl (C=O) groups excluding carboxylic acids is 4. The van der Waals surface area contributed by atoms with Crippen LogP contribution in [0.4, 0.5) is 0 Å². The molecular formula is C62H86Br2N2O12. The average Bonchev–Trinajstić information content (AvgIpc) is 4.04. The molecule has 78 heavy (non-hydrogen) atoms. The third-order valence-electron chi connectivity index (χ3n) is 13.0. The van der Waals surface area contributed by atoms with Crippen molar-refractivity contribution in [3.63, 3.8) is 0 Å². The fourth-order valence-electron chi connectivity index (χ4n) is 9.40. The van der Waals surface area contributed by atoms with E-state index in [9.17, 15) is 29.1 Å². The van der Waals surface area contributed by atoms with Crippen LogP contribution in [0.15, 0.2) is 97.1 Å². The van der Waals surface area contributed by atoms with Crippen molar-refractivity contribution in [2.75, 3.05) is 76.5 Å². The summed E-state index contributed by atoms with van der Waals surface area (Å²) in [6, 6.07) is 33.0. The zero-order valence-electron chi connectivity index (χ0n) is 48.9. The predicted molar refractivity (Wildman–Crippen MR) is 315 cm³/mol. The van der Waals surface area contributed by atoms with E-state index in [2.05, 4.69) is 85.3 Å². The molecule has 0 spiro atoms. The molecule has 430 valence electrons. The van der Waals surface area contributed by atoms with Gasteiger partial charge in [0.15, 0.2) is 0 Å². The second-order valence-electron chi connectivity index (χ2n) is 21.4. The molecule has 2 atom stereocenters. The zero-order chi connectivity index (χ0) is 59.1. The quantitative estimate of drug-likeness (QED) is 0.0309. The third-order valence-corrected chi connectivity index (χ3v) is 13.6. The van der Waals surface area contributed by atoms with Crippen LogP contribution in [0.5, 0.6) is 0 Å². The van der Waals surface area contributed by atoms with E-state index in [1.54, 1.807) is 0 Å². The number of carboxylic acids is 1. The molecule has 1 heterocycles. The van der Waals surface area contributed by atoms with Crippen LogP contribution >= 0.6 is 31.9 Å². The highest BCUT2D eigenvalue weighted by molar-refractivity contribution is 9.09. The number of unbranched alkanes of at least 4 members (excludes halogenated alkanes) is 2. The zero-order valence-corrected chi connectivity index (χ0v) is 50.1. The van der Waals surface area contributed by atoms with Crippen LogP contribution in [0, 0.1) is 11.8 Å². The van der Waals surface area contributed by atoms with E-state index in [0.717, 1.165) is 93.5 Å². The Bertz CT molecular complexity index is 2400. The second kappa shape index (κ2) is 34.2. The maximum Gasteiger partial charge on any atom is 0.310 e. The Kier molecular flexibility index (Phi) is 28.0. The standard InChI is InChI=1S/C26H31NO5.C16H31NO4.C16H14O2.C4H8Br2O.H2/c28-25(17-19(26(29)30)7-5-6-12-27-13-15-31-16-14-27)32-18-24-22-10-3-1-8-20(22)21-9-2-4-11-23(21)24;1-15(2,3)20-13(18)11-12(9-7-8-10-17)14(19)21-16(4,5)6;1-11(17)18-10-16-14-8-4-2-6-12(14)13-7-3-5-9-15(13)16;5-1-3-7-4-2-6;/h1-4,8-11,19,24H,5-7,12-18H2,(H,29,30);12H,7-11,17H2,1-6H3;2-9,16H,10H2,1H3;1-4H2;1H/t19-;12-;;;/m11.../s1/i;;;;1+1D. The largest absolute Gasteiger partial charge is 0.481 e. The summed E-state index contributed by atoms with van der Waals surface area (Å²) in [6.45, 7) is 19.5. The van der Waals surface area contributed by atoms with Gasteiger partial charge in [-0.1, -0.05) is 142 Å². The van der Waals surface area contributed by atoms with E-state index in [1.165, 1.54) is 40.3 Å². The van der Waals surface area contributed by atoms with Crippen LogP contribution in [-0.2, 0) is 52.4 Å². The molecule has 0 saturated carbocycles. The third kappa shape index (κ3) is 23.0. The molecule has 3 aliphatic rings. The van der Waals surface area contributed by atoms with Crippen LogP contribution in [-0.4, -0.2) is 128 Å². The minimum atomic E-state index is -0.926. The van der Waals surface area contributed by atoms with Gasteiger partial charge in [-0.2, -0.15) is 0 Å². The Morgan fingerprint density at radius 2 is 1.06 bits per heavy atom. The number of morpholine rings is 1. The lowest BCUT2D eigenvalue weighted by Gasteiger charge is -2.26. The lowest BCUT2D eigenvalue weighted by molar-refractivity contribution is -0.167. The van der Waals surface area contributed by atoms with Gasteiger partial charge in [-0.15, -0.1) is 0 Å². The van der Waals surface area contributed by atoms with Crippen molar-refractivity contribution in [1.82, 2.24) is 4.90 Å². The van der Waals surface area contributed by atoms with Crippen molar-refractivity contribution >= 4 is 61.7 Å². The lowest BCUT2D eigenvalue weighted by Crippen LogP contribution is -2.36. The molecule has 4 aromatic rings. The van der Waals surface area contributed by atoms with E-state index in [0.29, 0.717) is 26.0 Å². The molecular weight excluding hydrogens is 1120 g/mol. The van der Waals surface area contributed by atoms with E-state index in [-0.39, 0.29) is 49.2 Å². The van der Waals surface area contributed by atoms with Crippen LogP contribution < -0.4 is 5.73 Å². The Morgan fingerprint density at radius 1 is 0.641 bits per heavy atom. The molecule has 1 aliphatic heterocycles. The Balaban J connectivity index is 0.000000305. The molecule has 1 saturated heterocycles. The molecule has 14 nitrogen and oxygen atoms in total. The minimum absolute atomic E-state index is 0.0110. The monoisotopic (exact) mass is 1210 g/mol. The number of nitrogens with zero attached hydrogens (tertiary/aromatic N) is 1. The maximum atomic E-state index is 12.5. The predicted octanol–water partition coefficient (Wildman–Crippen LogP) is 12.1. The summed E-state index contributed by atoms with van der Waals surface area (Å²) in [5.41, 5.74) is 14.0. The van der Waals surface area contributed by atoms with E-state index in [4.69, 9.17) is 37.1 Å². The number of hydrogen-bond donors (Lipinski definition) is 2. The molecule has 7 rings (SSSR count). The first-order chi connectivity index (χ1) is 38.3. The van der Waals surface area contributed by atoms with Gasteiger partial charge in [0.25, 0.3) is 0 Å². The van der Waals surface area contributed by atoms with Gasteiger partial charge in [0.2, 0.25) is 0 Å². The molecule has 0 radical (unpaired) electrons. The van der Waals surface area contributed by atoms with E-state index < -0.39 is 35.0 Å². The first kappa shape index (κ1) is 63.9. The lowest BCUT2D eigenvalue weighted by atomic mass is 9.97. The molecule has 4 aromatic carbocycles. The fraction of sp³-hybridized carbons (Fsp3) is 0.532. The summed E-state index contributed by atoms with van der Waals surface area (Å²) in [5, 5.41) is 11.4. The van der Waals surface area contributed by atoms with Gasteiger partial charge in [-0.25, -0.2) is 0 Å². The molecule has 16 heteroatoms. The highest BCUT2D eigenvalue weighted by atomic mass is 79.9. The molecule has 3 N–H and O–H groups in total. The number of esters is 4. The highest BCUT2D eigenvalue weighted by Crippen LogP contribution is 2.46. The van der Waals surface area contributed by atoms with Gasteiger partial charge < -0.3 is 39.3 Å². The smallest absolute Gasteiger partial charge is 0.310 e. The van der Waals surface area contributed by atoms with Crippen molar-refractivity contribution in [2.45, 2.75) is 123 Å². The number of hydrogen-bond acceptors (Lipinski definition) is 13. The Morgan fingerprint density at radius 3 is 1.49 bits per heavy atom. The normalized spacial score (nSPS) is 14.5. The van der Waals surface area contributed by atoms with Crippen LogP contribution in [0.1, 0.15) is 137 Å². The van der Waals surface area contributed by atoms with Gasteiger partial charge >= 0.3 is 29.8 Å². The summed E-state index contributed by atoms with van der Waals surface area (Å²) in [7, 11) is 0. The number of fused-ring (bicyclic) bond motifs is 6. The first-order valence-electron chi connectivity index (χ1n) is 28.3. The van der Waals surface area contributed by atoms with Crippen molar-refractivity contribution < 1.29 is 60.5 Å². The van der Waals surface area contributed by atoms with E-state index >= 15 is 0 Å². The number of benzene rings is 4. The number of rotatable bonds is 23. The van der Waals surface area contributed by atoms with Crippen molar-refractivity contribution in [3.8, 4) is 22.3 Å². The van der Waals surface area contributed by atoms with Crippen molar-refractivity contribution in [2.24, 2.45) is 17.6 Å². The van der Waals surface area contributed by atoms with Crippen LogP contribution in [0.25, 0.3) is 22.3 Å². The van der Waals surface area contributed by atoms with Gasteiger partial charge in [0.05, 0.1) is 51.1 Å². The van der Waals surface area contributed by atoms with Gasteiger partial charge in [-0.3, -0.25) is 28.9 Å². The SMILES string of the molecule is BrCCOCCBr.CC(=O)OCC1c2ccccc2-c2ccccc21.CC(C)(C)OC(=O)C[C@@H](CCCCN)C(=O)OC(C)(C)C.O=C(C[C@@H](CCCCN1CCOCC1)C(=O)O)OCC1c2ccccc2-c2ccccc21.[2H][2H]. The van der Waals surface area contributed by atoms with Crippen molar-refractivity contribution in [1.29, 1.82) is 0 Å². The van der Waals surface area contributed by atoms with Gasteiger partial charge in [0.1, 0.15) is 24.4 Å². The number of carbonyl (C=O) groups is 5. The van der Waals surface area contributed by atoms with E-state index in [1.807, 2.05) is 90.1 Å². The highest BCUT2D eigenvalue weighted by Gasteiger charge is 2.32. The number of aliphatic carboxylic acids is 1. The second-order valence-corrected chi connectivity index (χ2v) is 23.0. The summed E-state index contributed by atoms with van der Waals surface area (Å²) >= 11 is 6.48. The molecule has 0 unspecified atom stereocenters. The van der Waals surface area contributed by atoms with Crippen molar-refractivity contribution in [3.05, 3.63) is 119 Å². The Hall–Kier alpha value is -4.97. The Labute approximate surface area is 483 Å². The summed E-state index contributed by atoms with van der Waals surface area (Å²) in [4.78, 5) is 61.6. The molecule has 0 amide bonds. The maximum absolute atomic E-state index is 12.5. The molecule has 1 fully saturated rings. The average molecular weight is 1210 g/mol. The van der Waals surface area contributed by atoms with Gasteiger partial charge in [0, 0.05) is 45.5 Å². The molecule has 0 aromatic heterocycles. The number of halogens is 2. The summed E-state index contributed by atoms with van der Waals surface area (Å²) in [6.07, 6.45) is 4.38. The molecule has 0 bridgehead atoms. The number of ether oxygens (including phenoxy) is 6. The topological polar surface area (TPSA) is 190 Å². The van der Waals surface area contributed by atoms with Crippen LogP contribution in [0.3, 0.4) is 0 Å². The number of nitrogens with two attached hydrogens (primary N) is 1. The number of carboxylic acid groups (broad SMARTS) is 1. The first-order valence-corrected chi connectivity index (χ1v) is 29.5. The van der Waals surface area contributed by atoms with Crippen LogP contribution in [0.2, 0.25) is 0 Å². The fourth-order valence-corrected chi connectivity index (χ4v) is 9.86. The van der Waals surface area contributed by atoms with Gasteiger partial charge in [-0.05, 0) is 125 Å². The summed E-state index contributed by atoms with van der Waals surface area (Å²) < 4.78 is 41.9. The number of alkyl halides is 2. The minimum Gasteiger partial charge on any atom is -0.481 e. The molecule has 2 aliphatic carbocycles.